The Kier molecular flexibility index (Phi) is 5.97. The van der Waals surface area contributed by atoms with Crippen LogP contribution in [-0.4, -0.2) is 42.3 Å². The Labute approximate surface area is 210 Å². The van der Waals surface area contributed by atoms with Crippen LogP contribution in [0.15, 0.2) is 67.0 Å². The molecule has 1 amide bonds. The first kappa shape index (κ1) is 23.5. The third-order valence-corrected chi connectivity index (χ3v) is 5.76. The van der Waals surface area contributed by atoms with Gasteiger partial charge in [-0.2, -0.15) is 10.2 Å². The number of aryl methyl sites for hydroxylation is 1. The molecule has 5 aromatic rings. The topological polar surface area (TPSA) is 139 Å². The van der Waals surface area contributed by atoms with E-state index in [-0.39, 0.29) is 22.8 Å². The van der Waals surface area contributed by atoms with Gasteiger partial charge in [-0.25, -0.2) is 9.50 Å². The molecule has 0 saturated heterocycles. The molecule has 12 nitrogen and oxygen atoms in total. The van der Waals surface area contributed by atoms with Crippen LogP contribution >= 0.6 is 0 Å². The average Bonchev–Trinajstić information content (AvgIpc) is 3.48. The Hall–Kier alpha value is -5.26. The molecule has 2 aromatic carbocycles. The minimum atomic E-state index is -0.562. The van der Waals surface area contributed by atoms with Crippen molar-refractivity contribution < 1.29 is 19.2 Å². The Morgan fingerprint density at radius 1 is 1.05 bits per heavy atom. The first-order valence-electron chi connectivity index (χ1n) is 11.1. The number of non-ortho nitro benzene ring substituents is 1. The number of methoxy groups -OCH3 is 1. The summed E-state index contributed by atoms with van der Waals surface area (Å²) in [7, 11) is 3.39. The van der Waals surface area contributed by atoms with E-state index in [4.69, 9.17) is 9.47 Å². The fourth-order valence-electron chi connectivity index (χ4n) is 3.76. The molecular formula is C25H21N7O5. The fourth-order valence-corrected chi connectivity index (χ4v) is 3.76. The number of hydrogen-bond acceptors (Lipinski definition) is 8. The van der Waals surface area contributed by atoms with E-state index in [0.717, 1.165) is 17.0 Å². The summed E-state index contributed by atoms with van der Waals surface area (Å²) in [6.07, 6.45) is 3.35. The van der Waals surface area contributed by atoms with Gasteiger partial charge in [-0.05, 0) is 37.3 Å². The summed E-state index contributed by atoms with van der Waals surface area (Å²) in [5.41, 5.74) is 2.99. The molecule has 3 aromatic heterocycles. The van der Waals surface area contributed by atoms with Crippen LogP contribution in [-0.2, 0) is 7.05 Å². The van der Waals surface area contributed by atoms with Crippen LogP contribution in [0.2, 0.25) is 0 Å². The third-order valence-electron chi connectivity index (χ3n) is 5.76. The number of carbonyl (C=O) groups excluding carboxylic acids is 1. The predicted molar refractivity (Wildman–Crippen MR) is 134 cm³/mol. The van der Waals surface area contributed by atoms with Crippen molar-refractivity contribution in [1.29, 1.82) is 0 Å². The SMILES string of the molecule is COc1ccc(Oc2cc(NC(=O)c3cc4nccc(-c5cnn(C)c5C)n4n3)cc([N+](=O)[O-])c2)cc1. The molecule has 5 rings (SSSR count). The van der Waals surface area contributed by atoms with Crippen molar-refractivity contribution >= 4 is 22.9 Å². The lowest BCUT2D eigenvalue weighted by molar-refractivity contribution is -0.384. The zero-order valence-corrected chi connectivity index (χ0v) is 20.1. The number of rotatable bonds is 7. The summed E-state index contributed by atoms with van der Waals surface area (Å²) in [6, 6.07) is 14.1. The zero-order valence-electron chi connectivity index (χ0n) is 20.1. The summed E-state index contributed by atoms with van der Waals surface area (Å²) in [4.78, 5) is 28.3. The molecule has 0 unspecified atom stereocenters. The molecular weight excluding hydrogens is 478 g/mol. The van der Waals surface area contributed by atoms with E-state index in [1.165, 1.54) is 24.3 Å². The molecule has 3 heterocycles. The second-order valence-corrected chi connectivity index (χ2v) is 8.10. The van der Waals surface area contributed by atoms with Gasteiger partial charge >= 0.3 is 0 Å². The lowest BCUT2D eigenvalue weighted by Crippen LogP contribution is -2.13. The molecule has 0 bridgehead atoms. The Morgan fingerprint density at radius 3 is 2.49 bits per heavy atom. The van der Waals surface area contributed by atoms with Gasteiger partial charge in [-0.15, -0.1) is 0 Å². The second-order valence-electron chi connectivity index (χ2n) is 8.10. The zero-order chi connectivity index (χ0) is 26.1. The van der Waals surface area contributed by atoms with Gasteiger partial charge < -0.3 is 14.8 Å². The maximum atomic E-state index is 13.1. The highest BCUT2D eigenvalue weighted by atomic mass is 16.6. The van der Waals surface area contributed by atoms with E-state index in [0.29, 0.717) is 17.1 Å². The van der Waals surface area contributed by atoms with E-state index in [9.17, 15) is 14.9 Å². The number of amides is 1. The van der Waals surface area contributed by atoms with Crippen molar-refractivity contribution in [3.63, 3.8) is 0 Å². The minimum absolute atomic E-state index is 0.0885. The molecule has 0 fully saturated rings. The van der Waals surface area contributed by atoms with Crippen molar-refractivity contribution in [3.05, 3.63) is 88.5 Å². The highest BCUT2D eigenvalue weighted by Crippen LogP contribution is 2.31. The van der Waals surface area contributed by atoms with Gasteiger partial charge in [0.1, 0.15) is 17.2 Å². The minimum Gasteiger partial charge on any atom is -0.497 e. The van der Waals surface area contributed by atoms with Gasteiger partial charge in [0, 0.05) is 42.7 Å². The van der Waals surface area contributed by atoms with Gasteiger partial charge in [0.2, 0.25) is 0 Å². The lowest BCUT2D eigenvalue weighted by atomic mass is 10.2. The van der Waals surface area contributed by atoms with Crippen LogP contribution < -0.4 is 14.8 Å². The smallest absolute Gasteiger partial charge is 0.276 e. The highest BCUT2D eigenvalue weighted by molar-refractivity contribution is 6.03. The number of nitrogens with one attached hydrogen (secondary N) is 1. The molecule has 0 radical (unpaired) electrons. The summed E-state index contributed by atoms with van der Waals surface area (Å²) in [5, 5.41) is 22.9. The molecule has 0 spiro atoms. The molecule has 0 aliphatic heterocycles. The molecule has 37 heavy (non-hydrogen) atoms. The fraction of sp³-hybridized carbons (Fsp3) is 0.120. The standard InChI is InChI=1S/C25H21N7O5/c1-15-21(14-27-30(15)2)23-8-9-26-24-13-22(29-31(23)24)25(33)28-16-10-17(32(34)35)12-20(11-16)37-19-6-4-18(36-3)5-7-19/h4-14H,1-3H3,(H,28,33). The Balaban J connectivity index is 1.44. The van der Waals surface area contributed by atoms with E-state index < -0.39 is 10.8 Å². The number of nitro groups is 1. The molecule has 0 aliphatic carbocycles. The normalized spacial score (nSPS) is 10.9. The Morgan fingerprint density at radius 2 is 1.81 bits per heavy atom. The number of hydrogen-bond donors (Lipinski definition) is 1. The number of nitrogens with zero attached hydrogens (tertiary/aromatic N) is 6. The third kappa shape index (κ3) is 4.67. The first-order chi connectivity index (χ1) is 17.8. The maximum absolute atomic E-state index is 13.1. The van der Waals surface area contributed by atoms with Crippen LogP contribution in [0.5, 0.6) is 17.2 Å². The summed E-state index contributed by atoms with van der Waals surface area (Å²) in [6.45, 7) is 1.93. The van der Waals surface area contributed by atoms with Gasteiger partial charge in [-0.1, -0.05) is 0 Å². The van der Waals surface area contributed by atoms with Crippen molar-refractivity contribution in [2.75, 3.05) is 12.4 Å². The second kappa shape index (κ2) is 9.41. The number of nitro benzene ring substituents is 1. The maximum Gasteiger partial charge on any atom is 0.276 e. The van der Waals surface area contributed by atoms with Crippen molar-refractivity contribution in [1.82, 2.24) is 24.4 Å². The summed E-state index contributed by atoms with van der Waals surface area (Å²) < 4.78 is 14.2. The lowest BCUT2D eigenvalue weighted by Gasteiger charge is -2.09. The van der Waals surface area contributed by atoms with E-state index in [1.807, 2.05) is 14.0 Å². The van der Waals surface area contributed by atoms with E-state index in [2.05, 4.69) is 20.5 Å². The van der Waals surface area contributed by atoms with Crippen LogP contribution in [0, 0.1) is 17.0 Å². The number of aromatic nitrogens is 5. The van der Waals surface area contributed by atoms with Gasteiger partial charge in [0.25, 0.3) is 11.6 Å². The quantitative estimate of drug-likeness (QED) is 0.257. The number of fused-ring (bicyclic) bond motifs is 1. The molecule has 12 heteroatoms. The van der Waals surface area contributed by atoms with Crippen molar-refractivity contribution in [3.8, 4) is 28.5 Å². The molecule has 186 valence electrons. The number of benzene rings is 2. The first-order valence-corrected chi connectivity index (χ1v) is 11.1. The van der Waals surface area contributed by atoms with Crippen LogP contribution in [0.3, 0.4) is 0 Å². The molecule has 0 saturated carbocycles. The Bertz CT molecular complexity index is 1640. The average molecular weight is 499 g/mol. The predicted octanol–water partition coefficient (Wildman–Crippen LogP) is 4.40. The summed E-state index contributed by atoms with van der Waals surface area (Å²) >= 11 is 0. The van der Waals surface area contributed by atoms with Crippen molar-refractivity contribution in [2.24, 2.45) is 7.05 Å². The number of carbonyl (C=O) groups is 1. The molecule has 1 N–H and O–H groups in total. The number of anilines is 1. The van der Waals surface area contributed by atoms with Crippen LogP contribution in [0.25, 0.3) is 16.9 Å². The molecule has 0 aliphatic rings. The number of ether oxygens (including phenoxy) is 2. The highest BCUT2D eigenvalue weighted by Gasteiger charge is 2.18. The summed E-state index contributed by atoms with van der Waals surface area (Å²) in [5.74, 6) is 0.710. The van der Waals surface area contributed by atoms with Gasteiger partial charge in [0.05, 0.1) is 35.7 Å². The molecule has 0 atom stereocenters. The van der Waals surface area contributed by atoms with E-state index in [1.54, 1.807) is 59.0 Å². The van der Waals surface area contributed by atoms with Gasteiger partial charge in [0.15, 0.2) is 11.3 Å². The van der Waals surface area contributed by atoms with Crippen LogP contribution in [0.1, 0.15) is 16.2 Å². The largest absolute Gasteiger partial charge is 0.497 e. The monoisotopic (exact) mass is 499 g/mol. The van der Waals surface area contributed by atoms with Crippen molar-refractivity contribution in [2.45, 2.75) is 6.92 Å². The van der Waals surface area contributed by atoms with E-state index >= 15 is 0 Å². The van der Waals surface area contributed by atoms with Gasteiger partial charge in [-0.3, -0.25) is 19.6 Å². The van der Waals surface area contributed by atoms with Crippen LogP contribution in [0.4, 0.5) is 11.4 Å².